The Morgan fingerprint density at radius 2 is 2.00 bits per heavy atom. The number of rotatable bonds is 4. The zero-order valence-corrected chi connectivity index (χ0v) is 12.6. The third kappa shape index (κ3) is 2.93. The van der Waals surface area contributed by atoms with Gasteiger partial charge in [0.05, 0.1) is 11.4 Å². The number of benzene rings is 1. The molecule has 0 spiro atoms. The number of allylic oxidation sites excluding steroid dienone is 1. The second kappa shape index (κ2) is 6.05. The average molecular weight is 297 g/mol. The molecule has 110 valence electrons. The highest BCUT2D eigenvalue weighted by Gasteiger charge is 2.39. The first-order chi connectivity index (χ1) is 9.48. The van der Waals surface area contributed by atoms with Crippen molar-refractivity contribution < 1.29 is 17.9 Å². The van der Waals surface area contributed by atoms with Gasteiger partial charge >= 0.3 is 0 Å². The summed E-state index contributed by atoms with van der Waals surface area (Å²) >= 11 is 0. The van der Waals surface area contributed by atoms with Crippen molar-refractivity contribution in [3.8, 4) is 0 Å². The number of aryl methyl sites for hydroxylation is 1. The van der Waals surface area contributed by atoms with Crippen molar-refractivity contribution in [2.24, 2.45) is 0 Å². The van der Waals surface area contributed by atoms with Crippen molar-refractivity contribution in [2.75, 3.05) is 13.7 Å². The second-order valence-electron chi connectivity index (χ2n) is 4.61. The molecule has 0 aromatic heterocycles. The van der Waals surface area contributed by atoms with E-state index in [9.17, 15) is 8.42 Å². The standard InChI is InChI=1S/C14H19NO4S/c1-4-5-13-15(10-14(18-3)19-13)20(16,17)12-8-6-11(2)7-9-12/h4-9,13-14H,10H2,1-3H3/b5-4+. The molecule has 1 aliphatic heterocycles. The summed E-state index contributed by atoms with van der Waals surface area (Å²) in [4.78, 5) is 0.262. The molecule has 1 aliphatic rings. The Bertz CT molecular complexity index is 580. The zero-order valence-electron chi connectivity index (χ0n) is 11.8. The summed E-state index contributed by atoms with van der Waals surface area (Å²) in [7, 11) is -2.09. The molecule has 0 amide bonds. The number of sulfonamides is 1. The van der Waals surface area contributed by atoms with Crippen LogP contribution in [-0.2, 0) is 19.5 Å². The zero-order chi connectivity index (χ0) is 14.8. The molecule has 1 heterocycles. The van der Waals surface area contributed by atoms with Crippen molar-refractivity contribution in [3.05, 3.63) is 42.0 Å². The average Bonchev–Trinajstić information content (AvgIpc) is 2.84. The van der Waals surface area contributed by atoms with Gasteiger partial charge in [0.15, 0.2) is 6.29 Å². The molecule has 0 saturated carbocycles. The lowest BCUT2D eigenvalue weighted by molar-refractivity contribution is -0.100. The largest absolute Gasteiger partial charge is 0.354 e. The number of methoxy groups -OCH3 is 1. The molecule has 0 bridgehead atoms. The normalized spacial score (nSPS) is 24.6. The van der Waals surface area contributed by atoms with Crippen molar-refractivity contribution >= 4 is 10.0 Å². The third-order valence-corrected chi connectivity index (χ3v) is 4.99. The smallest absolute Gasteiger partial charge is 0.245 e. The molecule has 2 rings (SSSR count). The SMILES string of the molecule is C/C=C/C1OC(OC)CN1S(=O)(=O)c1ccc(C)cc1. The lowest BCUT2D eigenvalue weighted by Gasteiger charge is -2.19. The van der Waals surface area contributed by atoms with E-state index < -0.39 is 22.5 Å². The number of hydrogen-bond acceptors (Lipinski definition) is 4. The Hall–Kier alpha value is -1.21. The van der Waals surface area contributed by atoms with E-state index in [1.165, 1.54) is 11.4 Å². The van der Waals surface area contributed by atoms with Gasteiger partial charge in [-0.05, 0) is 32.1 Å². The van der Waals surface area contributed by atoms with E-state index in [2.05, 4.69) is 0 Å². The predicted molar refractivity (Wildman–Crippen MR) is 75.6 cm³/mol. The quantitative estimate of drug-likeness (QED) is 0.796. The molecular formula is C14H19NO4S. The maximum absolute atomic E-state index is 12.6. The van der Waals surface area contributed by atoms with Crippen molar-refractivity contribution in [3.63, 3.8) is 0 Å². The number of hydrogen-bond donors (Lipinski definition) is 0. The van der Waals surface area contributed by atoms with Crippen molar-refractivity contribution in [1.82, 2.24) is 4.31 Å². The van der Waals surface area contributed by atoms with Crippen molar-refractivity contribution in [1.29, 1.82) is 0 Å². The van der Waals surface area contributed by atoms with Gasteiger partial charge in [-0.1, -0.05) is 23.8 Å². The molecule has 1 saturated heterocycles. The van der Waals surface area contributed by atoms with Crippen LogP contribution in [0.2, 0.25) is 0 Å². The first-order valence-corrected chi connectivity index (χ1v) is 7.82. The highest BCUT2D eigenvalue weighted by atomic mass is 32.2. The molecule has 1 fully saturated rings. The van der Waals surface area contributed by atoms with Gasteiger partial charge in [0.2, 0.25) is 10.0 Å². The minimum Gasteiger partial charge on any atom is -0.354 e. The fraction of sp³-hybridized carbons (Fsp3) is 0.429. The van der Waals surface area contributed by atoms with Gasteiger partial charge in [0.1, 0.15) is 6.23 Å². The van der Waals surface area contributed by atoms with Crippen LogP contribution in [0.15, 0.2) is 41.3 Å². The molecule has 5 nitrogen and oxygen atoms in total. The Morgan fingerprint density at radius 1 is 1.35 bits per heavy atom. The van der Waals surface area contributed by atoms with Gasteiger partial charge in [-0.3, -0.25) is 0 Å². The Balaban J connectivity index is 2.34. The topological polar surface area (TPSA) is 55.8 Å². The predicted octanol–water partition coefficient (Wildman–Crippen LogP) is 1.89. The van der Waals surface area contributed by atoms with E-state index in [1.807, 2.05) is 13.8 Å². The second-order valence-corrected chi connectivity index (χ2v) is 6.50. The van der Waals surface area contributed by atoms with Crippen LogP contribution in [0.1, 0.15) is 12.5 Å². The lowest BCUT2D eigenvalue weighted by atomic mass is 10.2. The molecule has 1 aromatic carbocycles. The molecule has 0 aliphatic carbocycles. The summed E-state index contributed by atoms with van der Waals surface area (Å²) in [6, 6.07) is 6.78. The molecule has 20 heavy (non-hydrogen) atoms. The van der Waals surface area contributed by atoms with E-state index in [-0.39, 0.29) is 11.4 Å². The Kier molecular flexibility index (Phi) is 4.59. The highest BCUT2D eigenvalue weighted by Crippen LogP contribution is 2.26. The summed E-state index contributed by atoms with van der Waals surface area (Å²) in [6.07, 6.45) is 2.29. The molecule has 2 atom stereocenters. The lowest BCUT2D eigenvalue weighted by Crippen LogP contribution is -2.35. The van der Waals surface area contributed by atoms with Gasteiger partial charge in [0, 0.05) is 7.11 Å². The van der Waals surface area contributed by atoms with Gasteiger partial charge in [-0.15, -0.1) is 0 Å². The molecule has 0 N–H and O–H groups in total. The van der Waals surface area contributed by atoms with Crippen LogP contribution >= 0.6 is 0 Å². The highest BCUT2D eigenvalue weighted by molar-refractivity contribution is 7.89. The summed E-state index contributed by atoms with van der Waals surface area (Å²) in [5.41, 5.74) is 1.02. The Labute approximate surface area is 119 Å². The van der Waals surface area contributed by atoms with Crippen LogP contribution in [0.5, 0.6) is 0 Å². The number of nitrogens with zero attached hydrogens (tertiary/aromatic N) is 1. The van der Waals surface area contributed by atoms with Crippen LogP contribution in [-0.4, -0.2) is 38.9 Å². The molecular weight excluding hydrogens is 278 g/mol. The maximum Gasteiger partial charge on any atom is 0.245 e. The van der Waals surface area contributed by atoms with Crippen LogP contribution in [0, 0.1) is 6.92 Å². The summed E-state index contributed by atoms with van der Waals surface area (Å²) < 4.78 is 37.2. The van der Waals surface area contributed by atoms with Gasteiger partial charge < -0.3 is 9.47 Å². The van der Waals surface area contributed by atoms with E-state index in [4.69, 9.17) is 9.47 Å². The number of ether oxygens (including phenoxy) is 2. The molecule has 2 unspecified atom stereocenters. The van der Waals surface area contributed by atoms with Crippen LogP contribution in [0.4, 0.5) is 0 Å². The van der Waals surface area contributed by atoms with E-state index in [0.717, 1.165) is 5.56 Å². The fourth-order valence-electron chi connectivity index (χ4n) is 2.03. The fourth-order valence-corrected chi connectivity index (χ4v) is 3.50. The molecule has 1 aromatic rings. The van der Waals surface area contributed by atoms with Gasteiger partial charge in [-0.2, -0.15) is 4.31 Å². The van der Waals surface area contributed by atoms with E-state index in [1.54, 1.807) is 36.4 Å². The monoisotopic (exact) mass is 297 g/mol. The van der Waals surface area contributed by atoms with Crippen LogP contribution in [0.25, 0.3) is 0 Å². The first kappa shape index (κ1) is 15.2. The molecule has 6 heteroatoms. The first-order valence-electron chi connectivity index (χ1n) is 6.38. The maximum atomic E-state index is 12.6. The third-order valence-electron chi connectivity index (χ3n) is 3.15. The van der Waals surface area contributed by atoms with Gasteiger partial charge in [-0.25, -0.2) is 8.42 Å². The van der Waals surface area contributed by atoms with Crippen molar-refractivity contribution in [2.45, 2.75) is 31.3 Å². The molecule has 0 radical (unpaired) electrons. The minimum absolute atomic E-state index is 0.182. The summed E-state index contributed by atoms with van der Waals surface area (Å²) in [5, 5.41) is 0. The van der Waals surface area contributed by atoms with E-state index in [0.29, 0.717) is 0 Å². The summed E-state index contributed by atoms with van der Waals surface area (Å²) in [5.74, 6) is 0. The Morgan fingerprint density at radius 3 is 2.55 bits per heavy atom. The minimum atomic E-state index is -3.59. The summed E-state index contributed by atoms with van der Waals surface area (Å²) in [6.45, 7) is 3.92. The van der Waals surface area contributed by atoms with Gasteiger partial charge in [0.25, 0.3) is 0 Å². The van der Waals surface area contributed by atoms with Crippen LogP contribution in [0.3, 0.4) is 0 Å². The van der Waals surface area contributed by atoms with E-state index >= 15 is 0 Å². The van der Waals surface area contributed by atoms with Crippen LogP contribution < -0.4 is 0 Å².